The van der Waals surface area contributed by atoms with E-state index in [1.165, 1.54) is 5.48 Å². The van der Waals surface area contributed by atoms with E-state index in [0.29, 0.717) is 13.0 Å². The van der Waals surface area contributed by atoms with Gasteiger partial charge in [-0.1, -0.05) is 44.4 Å². The normalized spacial score (nSPS) is 12.0. The number of para-hydroxylation sites is 1. The van der Waals surface area contributed by atoms with Crippen molar-refractivity contribution in [3.05, 3.63) is 35.5 Å². The molecule has 0 saturated carbocycles. The number of fused-ring (bicyclic) bond motifs is 1. The third kappa shape index (κ3) is 8.79. The number of amides is 3. The topological polar surface area (TPSA) is 127 Å². The van der Waals surface area contributed by atoms with Crippen LogP contribution in [0.1, 0.15) is 56.7 Å². The first-order chi connectivity index (χ1) is 16.3. The van der Waals surface area contributed by atoms with Gasteiger partial charge in [0.25, 0.3) is 0 Å². The van der Waals surface area contributed by atoms with E-state index in [0.717, 1.165) is 60.8 Å². The Morgan fingerprint density at radius 3 is 2.50 bits per heavy atom. The van der Waals surface area contributed by atoms with Crippen molar-refractivity contribution in [2.24, 2.45) is 0 Å². The fourth-order valence-electron chi connectivity index (χ4n) is 3.89. The maximum atomic E-state index is 13.1. The summed E-state index contributed by atoms with van der Waals surface area (Å²) in [6, 6.07) is 7.19. The Labute approximate surface area is 201 Å². The van der Waals surface area contributed by atoms with Crippen molar-refractivity contribution in [1.29, 1.82) is 0 Å². The predicted octanol–water partition coefficient (Wildman–Crippen LogP) is 2.28. The summed E-state index contributed by atoms with van der Waals surface area (Å²) >= 11 is 0. The van der Waals surface area contributed by atoms with Gasteiger partial charge in [-0.15, -0.1) is 0 Å². The molecule has 5 N–H and O–H groups in total. The summed E-state index contributed by atoms with van der Waals surface area (Å²) in [5.41, 5.74) is 4.57. The molecule has 9 nitrogen and oxygen atoms in total. The molecule has 0 bridgehead atoms. The molecular formula is C25H39N5O4. The molecule has 3 amide bonds. The van der Waals surface area contributed by atoms with Gasteiger partial charge < -0.3 is 20.5 Å². The molecule has 188 valence electrons. The second-order valence-electron chi connectivity index (χ2n) is 8.89. The van der Waals surface area contributed by atoms with Crippen molar-refractivity contribution >= 4 is 28.6 Å². The van der Waals surface area contributed by atoms with Crippen molar-refractivity contribution in [3.8, 4) is 0 Å². The molecule has 0 fully saturated rings. The summed E-state index contributed by atoms with van der Waals surface area (Å²) in [5.74, 6) is -1.29. The van der Waals surface area contributed by atoms with E-state index in [1.54, 1.807) is 0 Å². The molecule has 2 rings (SSSR count). The highest BCUT2D eigenvalue weighted by molar-refractivity contribution is 5.91. The van der Waals surface area contributed by atoms with Crippen molar-refractivity contribution < 1.29 is 19.6 Å². The molecule has 0 radical (unpaired) electrons. The van der Waals surface area contributed by atoms with Crippen LogP contribution in [-0.4, -0.2) is 66.0 Å². The van der Waals surface area contributed by atoms with E-state index in [-0.39, 0.29) is 18.7 Å². The average Bonchev–Trinajstić information content (AvgIpc) is 3.17. The number of H-pyrrole nitrogens is 1. The molecule has 0 spiro atoms. The maximum absolute atomic E-state index is 13.1. The van der Waals surface area contributed by atoms with Gasteiger partial charge >= 0.3 is 0 Å². The predicted molar refractivity (Wildman–Crippen MR) is 133 cm³/mol. The molecule has 0 saturated heterocycles. The van der Waals surface area contributed by atoms with Crippen LogP contribution in [0, 0.1) is 0 Å². The zero-order valence-electron chi connectivity index (χ0n) is 20.6. The van der Waals surface area contributed by atoms with Crippen molar-refractivity contribution in [1.82, 2.24) is 26.0 Å². The van der Waals surface area contributed by atoms with Gasteiger partial charge in [0.15, 0.2) is 0 Å². The van der Waals surface area contributed by atoms with E-state index >= 15 is 0 Å². The Morgan fingerprint density at radius 2 is 1.79 bits per heavy atom. The van der Waals surface area contributed by atoms with Crippen LogP contribution < -0.4 is 16.1 Å². The molecule has 34 heavy (non-hydrogen) atoms. The summed E-state index contributed by atoms with van der Waals surface area (Å²) in [5, 5.41) is 15.5. The number of benzene rings is 1. The molecular weight excluding hydrogens is 434 g/mol. The molecule has 1 aromatic heterocycles. The van der Waals surface area contributed by atoms with Crippen LogP contribution in [0.15, 0.2) is 24.3 Å². The first kappa shape index (κ1) is 27.3. The van der Waals surface area contributed by atoms with Gasteiger partial charge in [0.05, 0.1) is 0 Å². The molecule has 9 heteroatoms. The van der Waals surface area contributed by atoms with Gasteiger partial charge in [-0.25, -0.2) is 5.48 Å². The third-order valence-corrected chi connectivity index (χ3v) is 5.80. The van der Waals surface area contributed by atoms with Gasteiger partial charge in [-0.05, 0) is 32.1 Å². The number of aromatic nitrogens is 1. The molecule has 1 atom stereocenters. The average molecular weight is 474 g/mol. The number of aromatic amines is 1. The molecule has 2 aromatic rings. The van der Waals surface area contributed by atoms with E-state index in [4.69, 9.17) is 5.21 Å². The molecule has 1 heterocycles. The van der Waals surface area contributed by atoms with E-state index in [9.17, 15) is 14.4 Å². The van der Waals surface area contributed by atoms with Crippen LogP contribution in [0.25, 0.3) is 10.9 Å². The first-order valence-electron chi connectivity index (χ1n) is 12.1. The highest BCUT2D eigenvalue weighted by atomic mass is 16.5. The van der Waals surface area contributed by atoms with Gasteiger partial charge in [-0.3, -0.25) is 19.6 Å². The van der Waals surface area contributed by atoms with Crippen LogP contribution in [0.3, 0.4) is 0 Å². The molecule has 1 unspecified atom stereocenters. The zero-order chi connectivity index (χ0) is 24.9. The fourth-order valence-corrected chi connectivity index (χ4v) is 3.89. The van der Waals surface area contributed by atoms with Crippen molar-refractivity contribution in [3.63, 3.8) is 0 Å². The third-order valence-electron chi connectivity index (χ3n) is 5.80. The Morgan fingerprint density at radius 1 is 1.06 bits per heavy atom. The smallest absolute Gasteiger partial charge is 0.243 e. The highest BCUT2D eigenvalue weighted by Gasteiger charge is 2.24. The Kier molecular flexibility index (Phi) is 11.6. The quantitative estimate of drug-likeness (QED) is 0.154. The Balaban J connectivity index is 2.21. The van der Waals surface area contributed by atoms with Crippen molar-refractivity contribution in [2.45, 2.75) is 64.3 Å². The molecule has 0 aliphatic carbocycles. The number of nitrogens with zero attached hydrogens (tertiary/aromatic N) is 1. The molecule has 1 aromatic carbocycles. The number of hydrogen-bond donors (Lipinski definition) is 5. The van der Waals surface area contributed by atoms with Crippen LogP contribution in [-0.2, 0) is 27.2 Å². The standard InChI is InChI=1S/C25H39N5O4/c1-4-5-6-9-15-26-25(33)22(28-23(31)12-13-24(32)29-34)17-19-18-10-7-8-11-20(18)27-21(19)14-16-30(2)3/h7-8,10-11,22,27,34H,4-6,9,12-17H2,1-3H3,(H,26,33)(H,28,31)(H,29,32). The number of likely N-dealkylation sites (N-methyl/N-ethyl adjacent to an activating group) is 1. The number of hydroxylamine groups is 1. The molecule has 0 aliphatic rings. The number of nitrogens with one attached hydrogen (secondary N) is 4. The minimum absolute atomic E-state index is 0.117. The van der Waals surface area contributed by atoms with E-state index < -0.39 is 17.9 Å². The number of carbonyl (C=O) groups is 3. The lowest BCUT2D eigenvalue weighted by Gasteiger charge is -2.20. The second-order valence-corrected chi connectivity index (χ2v) is 8.89. The lowest BCUT2D eigenvalue weighted by atomic mass is 10.00. The number of hydrogen-bond acceptors (Lipinski definition) is 5. The van der Waals surface area contributed by atoms with Crippen LogP contribution in [0.4, 0.5) is 0 Å². The number of rotatable bonds is 15. The minimum Gasteiger partial charge on any atom is -0.358 e. The van der Waals surface area contributed by atoms with Crippen molar-refractivity contribution in [2.75, 3.05) is 27.2 Å². The lowest BCUT2D eigenvalue weighted by molar-refractivity contribution is -0.132. The minimum atomic E-state index is -0.770. The number of unbranched alkanes of at least 4 members (excludes halogenated alkanes) is 3. The van der Waals surface area contributed by atoms with Crippen LogP contribution >= 0.6 is 0 Å². The summed E-state index contributed by atoms with van der Waals surface area (Å²) in [6.07, 6.45) is 5.01. The first-order valence-corrected chi connectivity index (χ1v) is 12.1. The summed E-state index contributed by atoms with van der Waals surface area (Å²) in [6.45, 7) is 3.53. The van der Waals surface area contributed by atoms with Gasteiger partial charge in [0.1, 0.15) is 6.04 Å². The van der Waals surface area contributed by atoms with E-state index in [1.807, 2.05) is 38.4 Å². The maximum Gasteiger partial charge on any atom is 0.243 e. The fraction of sp³-hybridized carbons (Fsp3) is 0.560. The SMILES string of the molecule is CCCCCCNC(=O)C(Cc1c(CCN(C)C)[nH]c2ccccc12)NC(=O)CCC(=O)NO. The highest BCUT2D eigenvalue weighted by Crippen LogP contribution is 2.24. The molecule has 0 aliphatic heterocycles. The van der Waals surface area contributed by atoms with E-state index in [2.05, 4.69) is 27.4 Å². The second kappa shape index (κ2) is 14.4. The summed E-state index contributed by atoms with van der Waals surface area (Å²) < 4.78 is 0. The largest absolute Gasteiger partial charge is 0.358 e. The Hall–Kier alpha value is -2.91. The monoisotopic (exact) mass is 473 g/mol. The number of carbonyl (C=O) groups excluding carboxylic acids is 3. The van der Waals surface area contributed by atoms with Gasteiger partial charge in [0.2, 0.25) is 17.7 Å². The zero-order valence-corrected chi connectivity index (χ0v) is 20.6. The van der Waals surface area contributed by atoms with Crippen LogP contribution in [0.2, 0.25) is 0 Å². The van der Waals surface area contributed by atoms with Gasteiger partial charge in [-0.2, -0.15) is 0 Å². The summed E-state index contributed by atoms with van der Waals surface area (Å²) in [7, 11) is 4.03. The Bertz CT molecular complexity index is 941. The summed E-state index contributed by atoms with van der Waals surface area (Å²) in [4.78, 5) is 42.5. The van der Waals surface area contributed by atoms with Crippen LogP contribution in [0.5, 0.6) is 0 Å². The van der Waals surface area contributed by atoms with Gasteiger partial charge in [0, 0.05) is 55.4 Å². The lowest BCUT2D eigenvalue weighted by Crippen LogP contribution is -2.48.